The van der Waals surface area contributed by atoms with Crippen LogP contribution >= 0.6 is 58.2 Å². The van der Waals surface area contributed by atoms with Crippen molar-refractivity contribution in [3.8, 4) is 35.7 Å². The summed E-state index contributed by atoms with van der Waals surface area (Å²) in [5.41, 5.74) is 7.51. The van der Waals surface area contributed by atoms with Crippen molar-refractivity contribution in [1.82, 2.24) is 9.13 Å². The molecule has 1 aliphatic carbocycles. The molecule has 49 heavy (non-hydrogen) atoms. The lowest BCUT2D eigenvalue weighted by molar-refractivity contribution is 0.683. The number of fused-ring (bicyclic) bond motifs is 7. The third-order valence-electron chi connectivity index (χ3n) is 8.23. The first kappa shape index (κ1) is 32.6. The van der Waals surface area contributed by atoms with Crippen molar-refractivity contribution in [2.24, 2.45) is 4.40 Å². The van der Waals surface area contributed by atoms with Crippen LogP contribution in [0.1, 0.15) is 67.1 Å². The Morgan fingerprint density at radius 3 is 1.63 bits per heavy atom. The van der Waals surface area contributed by atoms with Gasteiger partial charge in [0, 0.05) is 43.7 Å². The highest BCUT2D eigenvalue weighted by Crippen LogP contribution is 2.49. The molecular weight excluding hydrogens is 705 g/mol. The SMILES string of the molecule is CCCn1c2c(c3sc(/C=C(\C#N)c4ccc(C#N)s4)cc31)C(=N)C(=NS)c1c-2n(CCC)c2cc(/C=C(\C#N)c3ccc(C#N)s3)sc12. The zero-order valence-corrected chi connectivity index (χ0v) is 30.3. The number of allylic oxidation sites excluding steroid dienone is 2. The molecule has 0 spiro atoms. The number of hydrogen-bond donors (Lipinski definition) is 2. The largest absolute Gasteiger partial charge is 0.338 e. The van der Waals surface area contributed by atoms with Crippen molar-refractivity contribution in [3.63, 3.8) is 0 Å². The molecule has 238 valence electrons. The monoisotopic (exact) mass is 728 g/mol. The molecule has 6 heterocycles. The van der Waals surface area contributed by atoms with Crippen LogP contribution in [0.4, 0.5) is 0 Å². The zero-order chi connectivity index (χ0) is 34.4. The number of rotatable bonds is 8. The maximum Gasteiger partial charge on any atom is 0.110 e. The van der Waals surface area contributed by atoms with Gasteiger partial charge in [-0.05, 0) is 74.2 Å². The topological polar surface area (TPSA) is 141 Å². The summed E-state index contributed by atoms with van der Waals surface area (Å²) >= 11 is 10.1. The Bertz CT molecular complexity index is 2610. The number of nitrogens with one attached hydrogen (secondary N) is 1. The fourth-order valence-corrected chi connectivity index (χ4v) is 10.4. The highest BCUT2D eigenvalue weighted by molar-refractivity contribution is 7.79. The Kier molecular flexibility index (Phi) is 8.73. The maximum absolute atomic E-state index is 10.00. The Hall–Kier alpha value is -4.99. The summed E-state index contributed by atoms with van der Waals surface area (Å²) in [5.74, 6) is 0. The third kappa shape index (κ3) is 5.28. The van der Waals surface area contributed by atoms with Crippen molar-refractivity contribution in [3.05, 3.63) is 76.8 Å². The predicted octanol–water partition coefficient (Wildman–Crippen LogP) is 10.2. The van der Waals surface area contributed by atoms with Crippen LogP contribution < -0.4 is 0 Å². The lowest BCUT2D eigenvalue weighted by Gasteiger charge is -2.22. The van der Waals surface area contributed by atoms with Crippen LogP contribution in [-0.2, 0) is 13.1 Å². The Morgan fingerprint density at radius 2 is 1.22 bits per heavy atom. The molecular formula is C36H24N8S5. The normalized spacial score (nSPS) is 13.8. The second-order valence-corrected chi connectivity index (χ2v) is 15.7. The van der Waals surface area contributed by atoms with Crippen molar-refractivity contribution in [2.75, 3.05) is 0 Å². The average Bonchev–Trinajstić information content (AvgIpc) is 3.95. The van der Waals surface area contributed by atoms with E-state index in [2.05, 4.69) is 76.6 Å². The second-order valence-electron chi connectivity index (χ2n) is 11.2. The van der Waals surface area contributed by atoms with Gasteiger partial charge in [-0.3, -0.25) is 5.41 Å². The molecule has 0 bridgehead atoms. The molecule has 8 nitrogen and oxygen atoms in total. The van der Waals surface area contributed by atoms with E-state index in [4.69, 9.17) is 0 Å². The molecule has 0 amide bonds. The first-order valence-corrected chi connectivity index (χ1v) is 18.9. The number of nitriles is 4. The van der Waals surface area contributed by atoms with Crippen LogP contribution in [0.3, 0.4) is 0 Å². The predicted molar refractivity (Wildman–Crippen MR) is 207 cm³/mol. The van der Waals surface area contributed by atoms with E-state index in [9.17, 15) is 26.5 Å². The lowest BCUT2D eigenvalue weighted by Crippen LogP contribution is -2.23. The fourth-order valence-electron chi connectivity index (χ4n) is 6.31. The van der Waals surface area contributed by atoms with E-state index < -0.39 is 0 Å². The molecule has 0 fully saturated rings. The van der Waals surface area contributed by atoms with E-state index in [1.54, 1.807) is 40.9 Å². The van der Waals surface area contributed by atoms with Crippen molar-refractivity contribution < 1.29 is 0 Å². The minimum Gasteiger partial charge on any atom is -0.338 e. The molecule has 0 saturated carbocycles. The number of thiol groups is 1. The van der Waals surface area contributed by atoms with Crippen LogP contribution in [0.25, 0.3) is 55.1 Å². The second kappa shape index (κ2) is 13.1. The molecule has 1 N–H and O–H groups in total. The summed E-state index contributed by atoms with van der Waals surface area (Å²) in [6, 6.07) is 20.2. The van der Waals surface area contributed by atoms with Gasteiger partial charge in [-0.2, -0.15) is 21.0 Å². The maximum atomic E-state index is 10.00. The van der Waals surface area contributed by atoms with E-state index in [0.29, 0.717) is 32.3 Å². The van der Waals surface area contributed by atoms with Gasteiger partial charge in [0.15, 0.2) is 0 Å². The van der Waals surface area contributed by atoms with Crippen LogP contribution in [0.15, 0.2) is 40.8 Å². The third-order valence-corrected chi connectivity index (χ3v) is 12.7. The quantitative estimate of drug-likeness (QED) is 0.119. The highest BCUT2D eigenvalue weighted by atomic mass is 32.1. The summed E-state index contributed by atoms with van der Waals surface area (Å²) < 4.78 is 11.0. The van der Waals surface area contributed by atoms with E-state index in [1.807, 2.05) is 18.2 Å². The van der Waals surface area contributed by atoms with E-state index in [1.165, 1.54) is 22.7 Å². The summed E-state index contributed by atoms with van der Waals surface area (Å²) in [6.45, 7) is 5.77. The van der Waals surface area contributed by atoms with Gasteiger partial charge in [0.05, 0.1) is 48.7 Å². The molecule has 0 atom stereocenters. The minimum absolute atomic E-state index is 0.300. The molecule has 0 aliphatic heterocycles. The van der Waals surface area contributed by atoms with Gasteiger partial charge in [0.1, 0.15) is 39.7 Å². The van der Waals surface area contributed by atoms with Crippen molar-refractivity contribution in [2.45, 2.75) is 39.8 Å². The first-order chi connectivity index (χ1) is 23.9. The molecule has 0 radical (unpaired) electrons. The Balaban J connectivity index is 1.44. The average molecular weight is 729 g/mol. The summed E-state index contributed by atoms with van der Waals surface area (Å²) in [6.07, 6.45) is 5.50. The Morgan fingerprint density at radius 1 is 0.755 bits per heavy atom. The van der Waals surface area contributed by atoms with Gasteiger partial charge in [-0.15, -0.1) is 45.3 Å². The number of hydrogen-bond acceptors (Lipinski definition) is 11. The van der Waals surface area contributed by atoms with E-state index in [0.717, 1.165) is 88.4 Å². The van der Waals surface area contributed by atoms with Crippen molar-refractivity contribution in [1.29, 1.82) is 26.5 Å². The van der Waals surface area contributed by atoms with Gasteiger partial charge in [0.25, 0.3) is 0 Å². The molecule has 1 aliphatic rings. The van der Waals surface area contributed by atoms with Crippen LogP contribution in [0, 0.1) is 50.7 Å². The zero-order valence-electron chi connectivity index (χ0n) is 26.2. The van der Waals surface area contributed by atoms with Crippen LogP contribution in [0.5, 0.6) is 0 Å². The Labute approximate surface area is 303 Å². The fraction of sp³-hybridized carbons (Fsp3) is 0.167. The van der Waals surface area contributed by atoms with E-state index in [-0.39, 0.29) is 0 Å². The van der Waals surface area contributed by atoms with Gasteiger partial charge in [-0.25, -0.2) is 4.40 Å². The number of nitrogens with zero attached hydrogens (tertiary/aromatic N) is 7. The van der Waals surface area contributed by atoms with Gasteiger partial charge in [0.2, 0.25) is 0 Å². The molecule has 6 aromatic heterocycles. The standard InChI is InChI=1S/C36H24N8S5/c1-3-9-43-25-13-23(11-19(15-37)27-7-5-21(17-39)46-27)48-35(25)29-31(41)32(42-45)30-34(33(29)43)44(10-4-2)26-14-24(49-36(26)30)12-20(16-38)28-8-6-22(18-40)47-28/h5-8,11-14,41,45H,3-4,9-10H2,1-2H3/b19-11+,20-12+,41-31?,42-32?. The van der Waals surface area contributed by atoms with Crippen LogP contribution in [-0.4, -0.2) is 20.6 Å². The molecule has 0 unspecified atom stereocenters. The van der Waals surface area contributed by atoms with Crippen LogP contribution in [0.2, 0.25) is 0 Å². The summed E-state index contributed by atoms with van der Waals surface area (Å²) in [5, 5.41) is 48.1. The summed E-state index contributed by atoms with van der Waals surface area (Å²) in [7, 11) is 0. The number of aryl methyl sites for hydroxylation is 2. The molecule has 6 aromatic rings. The number of aromatic nitrogens is 2. The molecule has 7 rings (SSSR count). The smallest absolute Gasteiger partial charge is 0.110 e. The van der Waals surface area contributed by atoms with Gasteiger partial charge < -0.3 is 9.13 Å². The summed E-state index contributed by atoms with van der Waals surface area (Å²) in [4.78, 5) is 4.40. The highest BCUT2D eigenvalue weighted by Gasteiger charge is 2.38. The van der Waals surface area contributed by atoms with Crippen molar-refractivity contribution >= 4 is 113 Å². The lowest BCUT2D eigenvalue weighted by atomic mass is 9.91. The molecule has 0 saturated heterocycles. The van der Waals surface area contributed by atoms with Gasteiger partial charge >= 0.3 is 0 Å². The minimum atomic E-state index is 0.300. The molecule has 13 heteroatoms. The van der Waals surface area contributed by atoms with E-state index >= 15 is 0 Å². The number of thiophene rings is 4. The molecule has 0 aromatic carbocycles. The first-order valence-electron chi connectivity index (χ1n) is 15.3. The van der Waals surface area contributed by atoms with Gasteiger partial charge in [-0.1, -0.05) is 13.8 Å².